The van der Waals surface area contributed by atoms with Gasteiger partial charge in [-0.3, -0.25) is 14.4 Å². The lowest BCUT2D eigenvalue weighted by Crippen LogP contribution is -2.69. The number of carbonyl (C=O) groups excluding carboxylic acids is 4. The van der Waals surface area contributed by atoms with Crippen LogP contribution in [0.25, 0.3) is 0 Å². The van der Waals surface area contributed by atoms with Crippen LogP contribution in [0.5, 0.6) is 0 Å². The third kappa shape index (κ3) is 17.1. The van der Waals surface area contributed by atoms with Crippen LogP contribution in [0.15, 0.2) is 73.3 Å². The second-order valence-electron chi connectivity index (χ2n) is 22.1. The fourth-order valence-corrected chi connectivity index (χ4v) is 11.9. The fourth-order valence-electron chi connectivity index (χ4n) is 9.47. The smallest absolute Gasteiger partial charge is 0.462 e. The number of carbonyl (C=O) groups is 4. The highest BCUT2D eigenvalue weighted by Gasteiger charge is 2.56. The highest BCUT2D eigenvalue weighted by molar-refractivity contribution is 6.74. The summed E-state index contributed by atoms with van der Waals surface area (Å²) in [7, 11) is -2.85. The summed E-state index contributed by atoms with van der Waals surface area (Å²) in [4.78, 5) is 54.5. The van der Waals surface area contributed by atoms with Crippen molar-refractivity contribution in [3.63, 3.8) is 0 Å². The quantitative estimate of drug-likeness (QED) is 0.0458. The summed E-state index contributed by atoms with van der Waals surface area (Å²) in [5, 5.41) is 16.8. The summed E-state index contributed by atoms with van der Waals surface area (Å²) in [6.07, 6.45) is -8.33. The highest BCUT2D eigenvalue weighted by atomic mass is 28.4. The van der Waals surface area contributed by atoms with Gasteiger partial charge in [0, 0.05) is 17.9 Å². The maximum absolute atomic E-state index is 14.2. The van der Waals surface area contributed by atoms with Gasteiger partial charge in [-0.25, -0.2) is 4.79 Å². The van der Waals surface area contributed by atoms with Gasteiger partial charge in [0.25, 0.3) is 0 Å². The van der Waals surface area contributed by atoms with Gasteiger partial charge in [0.05, 0.1) is 50.9 Å². The topological polar surface area (TPSA) is 205 Å². The normalized spacial score (nSPS) is 27.2. The Labute approximate surface area is 440 Å². The van der Waals surface area contributed by atoms with Gasteiger partial charge < -0.3 is 62.8 Å². The van der Waals surface area contributed by atoms with Crippen LogP contribution in [0.1, 0.15) is 119 Å². The number of fused-ring (bicyclic) bond motifs is 1. The van der Waals surface area contributed by atoms with E-state index in [1.165, 1.54) is 6.08 Å². The third-order valence-corrected chi connectivity index (χ3v) is 19.2. The van der Waals surface area contributed by atoms with Gasteiger partial charge in [-0.2, -0.15) is 0 Å². The lowest BCUT2D eigenvalue weighted by atomic mass is 9.87. The van der Waals surface area contributed by atoms with E-state index in [9.17, 15) is 24.3 Å². The van der Waals surface area contributed by atoms with Crippen molar-refractivity contribution in [3.8, 4) is 0 Å². The Balaban J connectivity index is 1.56. The van der Waals surface area contributed by atoms with E-state index in [4.69, 9.17) is 47.1 Å². The molecule has 2 amide bonds. The zero-order valence-corrected chi connectivity index (χ0v) is 46.8. The number of ether oxygens (including phenoxy) is 9. The first-order chi connectivity index (χ1) is 35.0. The molecule has 3 fully saturated rings. The number of nitrogens with one attached hydrogen (secondary N) is 2. The molecule has 2 aromatic rings. The van der Waals surface area contributed by atoms with Gasteiger partial charge in [-0.1, -0.05) is 143 Å². The molecule has 74 heavy (non-hydrogen) atoms. The first-order valence-electron chi connectivity index (χ1n) is 26.5. The monoisotopic (exact) mass is 1050 g/mol. The molecule has 414 valence electrons. The maximum atomic E-state index is 14.2. The van der Waals surface area contributed by atoms with Gasteiger partial charge in [0.1, 0.15) is 37.1 Å². The van der Waals surface area contributed by atoms with Crippen molar-refractivity contribution >= 4 is 32.3 Å². The molecule has 0 radical (unpaired) electrons. The molecule has 0 bridgehead atoms. The Morgan fingerprint density at radius 3 is 2.09 bits per heavy atom. The lowest BCUT2D eigenvalue weighted by Gasteiger charge is -2.51. The van der Waals surface area contributed by atoms with Crippen LogP contribution in [0.2, 0.25) is 18.1 Å². The predicted molar refractivity (Wildman–Crippen MR) is 280 cm³/mol. The van der Waals surface area contributed by atoms with E-state index < -0.39 is 106 Å². The standard InChI is InChI=1S/C56H86N2O15Si/c1-14-26-64-55(63)72-51-48(58-44(60)29-40(59)27-34(3)4)54(73-74(12,13)56(10,11)36(7)8)70-43(50(51)65-31-38-22-18-16-19-23-38)33-67-53-47(57-45(61)30-41(28-35(5)6)68-46(62)15-2)37(9)49-42(69-53)32-66-52(71-49)39-24-20-17-21-25-39/h14,16-25,34-37,40-43,47-54,59H,1,15,26-33H2,2-13H3,(H,57,61)(H,58,60)/t37-,40-,41-,42?,43?,47?,48?,49-,50+,51-,52?,53-,54+/m1/s1. The van der Waals surface area contributed by atoms with E-state index in [1.54, 1.807) is 6.92 Å². The summed E-state index contributed by atoms with van der Waals surface area (Å²) < 4.78 is 64.6. The summed E-state index contributed by atoms with van der Waals surface area (Å²) >= 11 is 0. The molecule has 5 rings (SSSR count). The van der Waals surface area contributed by atoms with Crippen molar-refractivity contribution in [1.82, 2.24) is 10.6 Å². The van der Waals surface area contributed by atoms with Gasteiger partial charge in [0.15, 0.2) is 33.3 Å². The van der Waals surface area contributed by atoms with Crippen LogP contribution in [-0.2, 0) is 68.0 Å². The number of esters is 1. The van der Waals surface area contributed by atoms with Crippen molar-refractivity contribution < 1.29 is 71.3 Å². The van der Waals surface area contributed by atoms with Crippen molar-refractivity contribution in [2.45, 2.75) is 200 Å². The molecule has 17 nitrogen and oxygen atoms in total. The van der Waals surface area contributed by atoms with E-state index in [1.807, 2.05) is 95.3 Å². The molecule has 3 aliphatic rings. The van der Waals surface area contributed by atoms with E-state index in [0.717, 1.165) is 11.1 Å². The van der Waals surface area contributed by atoms with E-state index in [0.29, 0.717) is 12.8 Å². The summed E-state index contributed by atoms with van der Waals surface area (Å²) in [5.74, 6) is -1.28. The largest absolute Gasteiger partial charge is 0.509 e. The van der Waals surface area contributed by atoms with Crippen LogP contribution in [0.4, 0.5) is 4.79 Å². The second-order valence-corrected chi connectivity index (χ2v) is 26.7. The number of benzene rings is 2. The van der Waals surface area contributed by atoms with Gasteiger partial charge in [-0.15, -0.1) is 0 Å². The van der Waals surface area contributed by atoms with Gasteiger partial charge in [0.2, 0.25) is 11.8 Å². The zero-order valence-electron chi connectivity index (χ0n) is 45.8. The number of aliphatic hydroxyl groups is 1. The van der Waals surface area contributed by atoms with Crippen LogP contribution < -0.4 is 10.6 Å². The molecule has 3 aliphatic heterocycles. The van der Waals surface area contributed by atoms with Crippen LogP contribution in [0.3, 0.4) is 0 Å². The fraction of sp³-hybridized carbons (Fsp3) is 0.679. The van der Waals surface area contributed by atoms with Crippen LogP contribution in [0, 0.1) is 23.7 Å². The summed E-state index contributed by atoms with van der Waals surface area (Å²) in [5.41, 5.74) is 1.63. The molecule has 0 aliphatic carbocycles. The molecule has 0 saturated carbocycles. The van der Waals surface area contributed by atoms with Gasteiger partial charge >= 0.3 is 12.1 Å². The molecular formula is C56H86N2O15Si. The number of amides is 2. The summed E-state index contributed by atoms with van der Waals surface area (Å²) in [6.45, 7) is 27.7. The minimum absolute atomic E-state index is 0.0314. The Morgan fingerprint density at radius 2 is 1.47 bits per heavy atom. The number of aliphatic hydroxyl groups excluding tert-OH is 1. The minimum Gasteiger partial charge on any atom is -0.462 e. The summed E-state index contributed by atoms with van der Waals surface area (Å²) in [6, 6.07) is 17.0. The molecule has 2 aromatic carbocycles. The van der Waals surface area contributed by atoms with E-state index in [-0.39, 0.29) is 74.4 Å². The van der Waals surface area contributed by atoms with Crippen LogP contribution in [-0.4, -0.2) is 125 Å². The average Bonchev–Trinajstić information content (AvgIpc) is 3.34. The first-order valence-corrected chi connectivity index (χ1v) is 29.4. The van der Waals surface area contributed by atoms with Crippen molar-refractivity contribution in [2.75, 3.05) is 19.8 Å². The average molecular weight is 1060 g/mol. The van der Waals surface area contributed by atoms with E-state index in [2.05, 4.69) is 58.0 Å². The number of rotatable bonds is 26. The highest BCUT2D eigenvalue weighted by Crippen LogP contribution is 2.46. The molecule has 13 atom stereocenters. The Bertz CT molecular complexity index is 2080. The van der Waals surface area contributed by atoms with Gasteiger partial charge in [-0.05, 0) is 54.3 Å². The van der Waals surface area contributed by atoms with Crippen molar-refractivity contribution in [1.29, 1.82) is 0 Å². The first kappa shape index (κ1) is 60.6. The Hall–Kier alpha value is -4.24. The third-order valence-electron chi connectivity index (χ3n) is 14.7. The lowest BCUT2D eigenvalue weighted by molar-refractivity contribution is -0.342. The SMILES string of the molecule is C=CCOC(=O)O[C@@H]1C(NC(=O)C[C@H](O)CC(C)C)[C@H](O[Si](C)(C)C(C)(C)C(C)C)OC(CO[C@@H]2OC3COC(c4ccccc4)O[C@@H]3[C@H](C)C2NC(=O)C[C@@H](CC(C)C)OC(=O)CC)[C@@H]1OCc1ccccc1. The second kappa shape index (κ2) is 28.2. The maximum Gasteiger partial charge on any atom is 0.509 e. The van der Waals surface area contributed by atoms with Crippen LogP contribution >= 0.6 is 0 Å². The molecule has 3 heterocycles. The Morgan fingerprint density at radius 1 is 0.838 bits per heavy atom. The molecule has 3 saturated heterocycles. The molecule has 0 spiro atoms. The van der Waals surface area contributed by atoms with E-state index >= 15 is 0 Å². The molecule has 0 aromatic heterocycles. The number of hydrogen-bond donors (Lipinski definition) is 3. The minimum atomic E-state index is -2.85. The van der Waals surface area contributed by atoms with Crippen molar-refractivity contribution in [3.05, 3.63) is 84.4 Å². The Kier molecular flexibility index (Phi) is 23.1. The predicted octanol–water partition coefficient (Wildman–Crippen LogP) is 8.68. The molecule has 18 heteroatoms. The molecule has 5 unspecified atom stereocenters. The zero-order chi connectivity index (χ0) is 54.3. The molecular weight excluding hydrogens is 969 g/mol. The number of hydrogen-bond acceptors (Lipinski definition) is 15. The van der Waals surface area contributed by atoms with Crippen molar-refractivity contribution in [2.24, 2.45) is 23.7 Å². The molecule has 3 N–H and O–H groups in total.